The van der Waals surface area contributed by atoms with Gasteiger partial charge in [-0.05, 0) is 39.3 Å². The van der Waals surface area contributed by atoms with Gasteiger partial charge < -0.3 is 10.6 Å². The maximum absolute atomic E-state index is 13.0. The minimum Gasteiger partial charge on any atom is -0.374 e. The number of hydrogen-bond donors (Lipinski definition) is 2. The van der Waals surface area contributed by atoms with Gasteiger partial charge in [-0.1, -0.05) is 6.92 Å². The first-order valence-corrected chi connectivity index (χ1v) is 6.28. The van der Waals surface area contributed by atoms with Crippen LogP contribution in [0.25, 0.3) is 0 Å². The monoisotopic (exact) mass is 270 g/mol. The fourth-order valence-electron chi connectivity index (χ4n) is 1.48. The van der Waals surface area contributed by atoms with Crippen LogP contribution in [-0.4, -0.2) is 17.5 Å². The zero-order chi connectivity index (χ0) is 14.6. The molecule has 0 aliphatic carbocycles. The molecule has 0 saturated carbocycles. The molecule has 1 aromatic carbocycles. The average molecular weight is 270 g/mol. The molecular weight excluding hydrogens is 250 g/mol. The Morgan fingerprint density at radius 1 is 1.26 bits per heavy atom. The maximum Gasteiger partial charge on any atom is 0.242 e. The van der Waals surface area contributed by atoms with E-state index in [0.717, 1.165) is 24.6 Å². The molecule has 5 heteroatoms. The smallest absolute Gasteiger partial charge is 0.242 e. The van der Waals surface area contributed by atoms with Crippen LogP contribution in [0.2, 0.25) is 0 Å². The Morgan fingerprint density at radius 2 is 1.79 bits per heavy atom. The summed E-state index contributed by atoms with van der Waals surface area (Å²) < 4.78 is 26.0. The van der Waals surface area contributed by atoms with Gasteiger partial charge >= 0.3 is 0 Å². The molecule has 3 nitrogen and oxygen atoms in total. The van der Waals surface area contributed by atoms with Crippen molar-refractivity contribution in [1.29, 1.82) is 0 Å². The number of amides is 1. The van der Waals surface area contributed by atoms with E-state index in [-0.39, 0.29) is 17.1 Å². The van der Waals surface area contributed by atoms with Gasteiger partial charge in [0.15, 0.2) is 0 Å². The Balaban J connectivity index is 2.68. The standard InChI is InChI=1S/C14H20F2N2O/c1-5-14(3,4)18-13(19)9(2)17-12-7-10(15)6-11(16)8-12/h6-9,17H,5H2,1-4H3,(H,18,19). The van der Waals surface area contributed by atoms with E-state index in [1.165, 1.54) is 0 Å². The van der Waals surface area contributed by atoms with Gasteiger partial charge in [0.2, 0.25) is 5.91 Å². The molecule has 19 heavy (non-hydrogen) atoms. The van der Waals surface area contributed by atoms with Crippen LogP contribution >= 0.6 is 0 Å². The highest BCUT2D eigenvalue weighted by atomic mass is 19.1. The molecule has 0 aromatic heterocycles. The lowest BCUT2D eigenvalue weighted by Crippen LogP contribution is -2.48. The zero-order valence-electron chi connectivity index (χ0n) is 11.7. The van der Waals surface area contributed by atoms with Crippen LogP contribution in [0.4, 0.5) is 14.5 Å². The molecule has 0 heterocycles. The van der Waals surface area contributed by atoms with Gasteiger partial charge in [-0.25, -0.2) is 8.78 Å². The Labute approximate surface area is 112 Å². The first-order valence-electron chi connectivity index (χ1n) is 6.28. The van der Waals surface area contributed by atoms with E-state index in [0.29, 0.717) is 0 Å². The van der Waals surface area contributed by atoms with E-state index < -0.39 is 17.7 Å². The van der Waals surface area contributed by atoms with Crippen LogP contribution in [-0.2, 0) is 4.79 Å². The summed E-state index contributed by atoms with van der Waals surface area (Å²) in [6, 6.07) is 2.51. The third kappa shape index (κ3) is 4.85. The number of carbonyl (C=O) groups is 1. The highest BCUT2D eigenvalue weighted by Gasteiger charge is 2.21. The van der Waals surface area contributed by atoms with E-state index in [1.807, 2.05) is 20.8 Å². The molecule has 0 bridgehead atoms. The molecule has 0 aliphatic rings. The first kappa shape index (κ1) is 15.4. The minimum absolute atomic E-state index is 0.212. The first-order chi connectivity index (χ1) is 8.73. The second-order valence-corrected chi connectivity index (χ2v) is 5.25. The molecule has 1 rings (SSSR count). The molecule has 1 amide bonds. The van der Waals surface area contributed by atoms with Crippen molar-refractivity contribution < 1.29 is 13.6 Å². The molecule has 0 radical (unpaired) electrons. The van der Waals surface area contributed by atoms with Crippen molar-refractivity contribution in [3.8, 4) is 0 Å². The lowest BCUT2D eigenvalue weighted by Gasteiger charge is -2.27. The molecule has 0 aliphatic heterocycles. The number of hydrogen-bond acceptors (Lipinski definition) is 2. The molecule has 106 valence electrons. The Bertz CT molecular complexity index is 441. The van der Waals surface area contributed by atoms with E-state index in [2.05, 4.69) is 10.6 Å². The van der Waals surface area contributed by atoms with Gasteiger partial charge in [0.25, 0.3) is 0 Å². The average Bonchev–Trinajstić information content (AvgIpc) is 2.26. The second-order valence-electron chi connectivity index (χ2n) is 5.25. The van der Waals surface area contributed by atoms with Gasteiger partial charge in [-0.3, -0.25) is 4.79 Å². The number of carbonyl (C=O) groups excluding carboxylic acids is 1. The summed E-state index contributed by atoms with van der Waals surface area (Å²) in [5, 5.41) is 5.64. The van der Waals surface area contributed by atoms with E-state index in [9.17, 15) is 13.6 Å². The molecule has 0 spiro atoms. The summed E-state index contributed by atoms with van der Waals surface area (Å²) >= 11 is 0. The predicted octanol–water partition coefficient (Wildman–Crippen LogP) is 3.07. The third-order valence-corrected chi connectivity index (χ3v) is 2.98. The normalized spacial score (nSPS) is 12.9. The van der Waals surface area contributed by atoms with Crippen LogP contribution in [0.3, 0.4) is 0 Å². The van der Waals surface area contributed by atoms with E-state index in [4.69, 9.17) is 0 Å². The van der Waals surface area contributed by atoms with Crippen LogP contribution in [0, 0.1) is 11.6 Å². The maximum atomic E-state index is 13.0. The molecular formula is C14H20F2N2O. The topological polar surface area (TPSA) is 41.1 Å². The SMILES string of the molecule is CCC(C)(C)NC(=O)C(C)Nc1cc(F)cc(F)c1. The number of rotatable bonds is 5. The second kappa shape index (κ2) is 5.99. The van der Waals surface area contributed by atoms with Crippen LogP contribution in [0.1, 0.15) is 34.1 Å². The van der Waals surface area contributed by atoms with Gasteiger partial charge in [0.1, 0.15) is 17.7 Å². The Morgan fingerprint density at radius 3 is 2.26 bits per heavy atom. The van der Waals surface area contributed by atoms with Crippen molar-refractivity contribution in [1.82, 2.24) is 5.32 Å². The molecule has 1 unspecified atom stereocenters. The largest absolute Gasteiger partial charge is 0.374 e. The van der Waals surface area contributed by atoms with Crippen LogP contribution in [0.15, 0.2) is 18.2 Å². The fourth-order valence-corrected chi connectivity index (χ4v) is 1.48. The van der Waals surface area contributed by atoms with Crippen LogP contribution < -0.4 is 10.6 Å². The number of nitrogens with one attached hydrogen (secondary N) is 2. The summed E-state index contributed by atoms with van der Waals surface area (Å²) in [5.74, 6) is -1.57. The molecule has 0 saturated heterocycles. The van der Waals surface area contributed by atoms with E-state index in [1.54, 1.807) is 6.92 Å². The minimum atomic E-state index is -0.677. The molecule has 1 atom stereocenters. The summed E-state index contributed by atoms with van der Waals surface area (Å²) in [5.41, 5.74) is -0.0605. The van der Waals surface area contributed by atoms with Crippen molar-refractivity contribution in [3.05, 3.63) is 29.8 Å². The Hall–Kier alpha value is -1.65. The quantitative estimate of drug-likeness (QED) is 0.863. The summed E-state index contributed by atoms with van der Waals surface area (Å²) in [4.78, 5) is 11.9. The van der Waals surface area contributed by atoms with Crippen molar-refractivity contribution in [2.45, 2.75) is 45.7 Å². The molecule has 2 N–H and O–H groups in total. The van der Waals surface area contributed by atoms with Gasteiger partial charge in [0, 0.05) is 17.3 Å². The van der Waals surface area contributed by atoms with Crippen molar-refractivity contribution in [3.63, 3.8) is 0 Å². The van der Waals surface area contributed by atoms with Gasteiger partial charge in [-0.15, -0.1) is 0 Å². The van der Waals surface area contributed by atoms with Gasteiger partial charge in [0.05, 0.1) is 0 Å². The lowest BCUT2D eigenvalue weighted by atomic mass is 10.0. The third-order valence-electron chi connectivity index (χ3n) is 2.98. The van der Waals surface area contributed by atoms with Crippen molar-refractivity contribution >= 4 is 11.6 Å². The number of anilines is 1. The van der Waals surface area contributed by atoms with Crippen LogP contribution in [0.5, 0.6) is 0 Å². The Kier molecular flexibility index (Phi) is 4.86. The summed E-state index contributed by atoms with van der Waals surface area (Å²) in [6.07, 6.45) is 0.792. The number of halogens is 2. The molecule has 1 aromatic rings. The highest BCUT2D eigenvalue weighted by Crippen LogP contribution is 2.14. The summed E-state index contributed by atoms with van der Waals surface area (Å²) in [6.45, 7) is 7.45. The molecule has 0 fully saturated rings. The summed E-state index contributed by atoms with van der Waals surface area (Å²) in [7, 11) is 0. The van der Waals surface area contributed by atoms with Crippen molar-refractivity contribution in [2.75, 3.05) is 5.32 Å². The van der Waals surface area contributed by atoms with E-state index >= 15 is 0 Å². The van der Waals surface area contributed by atoms with Crippen molar-refractivity contribution in [2.24, 2.45) is 0 Å². The zero-order valence-corrected chi connectivity index (χ0v) is 11.7. The van der Waals surface area contributed by atoms with Gasteiger partial charge in [-0.2, -0.15) is 0 Å². The fraction of sp³-hybridized carbons (Fsp3) is 0.500. The predicted molar refractivity (Wildman–Crippen MR) is 72.0 cm³/mol. The lowest BCUT2D eigenvalue weighted by molar-refractivity contribution is -0.123. The number of benzene rings is 1. The highest BCUT2D eigenvalue weighted by molar-refractivity contribution is 5.84.